The molecule has 0 saturated heterocycles. The van der Waals surface area contributed by atoms with Crippen LogP contribution in [0.15, 0.2) is 91.0 Å². The van der Waals surface area contributed by atoms with Gasteiger partial charge in [-0.2, -0.15) is 0 Å². The molecule has 37 heavy (non-hydrogen) atoms. The molecule has 2 amide bonds. The highest BCUT2D eigenvalue weighted by atomic mass is 19.1. The summed E-state index contributed by atoms with van der Waals surface area (Å²) in [6.45, 7) is 2.18. The third kappa shape index (κ3) is 6.88. The van der Waals surface area contributed by atoms with Crippen molar-refractivity contribution >= 4 is 11.8 Å². The minimum absolute atomic E-state index is 0.0744. The summed E-state index contributed by atoms with van der Waals surface area (Å²) in [4.78, 5) is 25.6. The van der Waals surface area contributed by atoms with Crippen molar-refractivity contribution in [2.75, 3.05) is 0 Å². The number of halogens is 2. The molecule has 188 valence electrons. The predicted molar refractivity (Wildman–Crippen MR) is 141 cm³/mol. The number of benzene rings is 4. The second-order valence-electron chi connectivity index (χ2n) is 8.88. The van der Waals surface area contributed by atoms with Crippen molar-refractivity contribution in [2.24, 2.45) is 0 Å². The monoisotopic (exact) mass is 498 g/mol. The van der Waals surface area contributed by atoms with Gasteiger partial charge in [-0.25, -0.2) is 8.78 Å². The maximum atomic E-state index is 14.2. The van der Waals surface area contributed by atoms with Gasteiger partial charge in [0.2, 0.25) is 5.91 Å². The molecule has 0 saturated carbocycles. The zero-order valence-electron chi connectivity index (χ0n) is 20.6. The minimum atomic E-state index is -0.353. The van der Waals surface area contributed by atoms with E-state index in [4.69, 9.17) is 0 Å². The fourth-order valence-corrected chi connectivity index (χ4v) is 4.11. The van der Waals surface area contributed by atoms with Gasteiger partial charge in [-0.3, -0.25) is 9.59 Å². The van der Waals surface area contributed by atoms with Crippen molar-refractivity contribution < 1.29 is 18.4 Å². The Morgan fingerprint density at radius 3 is 2.16 bits per heavy atom. The van der Waals surface area contributed by atoms with Crippen LogP contribution in [0.25, 0.3) is 11.1 Å². The van der Waals surface area contributed by atoms with Crippen molar-refractivity contribution in [3.63, 3.8) is 0 Å². The van der Waals surface area contributed by atoms with Crippen molar-refractivity contribution in [3.8, 4) is 11.1 Å². The van der Waals surface area contributed by atoms with Gasteiger partial charge in [0.05, 0.1) is 0 Å². The molecular weight excluding hydrogens is 470 g/mol. The molecule has 4 rings (SSSR count). The summed E-state index contributed by atoms with van der Waals surface area (Å²) < 4.78 is 27.3. The highest BCUT2D eigenvalue weighted by Crippen LogP contribution is 2.27. The Morgan fingerprint density at radius 2 is 1.41 bits per heavy atom. The van der Waals surface area contributed by atoms with Gasteiger partial charge >= 0.3 is 0 Å². The fourth-order valence-electron chi connectivity index (χ4n) is 4.11. The molecule has 0 aliphatic rings. The van der Waals surface area contributed by atoms with Crippen LogP contribution < -0.4 is 10.6 Å². The molecule has 0 fully saturated rings. The molecule has 4 nitrogen and oxygen atoms in total. The first-order chi connectivity index (χ1) is 17.9. The van der Waals surface area contributed by atoms with Gasteiger partial charge in [0.1, 0.15) is 11.6 Å². The van der Waals surface area contributed by atoms with Crippen molar-refractivity contribution in [3.05, 3.63) is 130 Å². The van der Waals surface area contributed by atoms with Crippen LogP contribution in [0.1, 0.15) is 39.0 Å². The van der Waals surface area contributed by atoms with Gasteiger partial charge in [-0.1, -0.05) is 66.7 Å². The summed E-state index contributed by atoms with van der Waals surface area (Å²) in [6.07, 6.45) is 0.792. The van der Waals surface area contributed by atoms with Gasteiger partial charge in [0.15, 0.2) is 0 Å². The van der Waals surface area contributed by atoms with Gasteiger partial charge in [0, 0.05) is 30.6 Å². The van der Waals surface area contributed by atoms with E-state index in [-0.39, 0.29) is 36.4 Å². The summed E-state index contributed by atoms with van der Waals surface area (Å²) >= 11 is 0. The zero-order chi connectivity index (χ0) is 26.2. The lowest BCUT2D eigenvalue weighted by molar-refractivity contribution is -0.121. The zero-order valence-corrected chi connectivity index (χ0v) is 20.6. The molecule has 0 heterocycles. The van der Waals surface area contributed by atoms with E-state index in [1.54, 1.807) is 30.3 Å². The maximum Gasteiger partial charge on any atom is 0.252 e. The largest absolute Gasteiger partial charge is 0.352 e. The summed E-state index contributed by atoms with van der Waals surface area (Å²) in [5.74, 6) is -1.09. The molecule has 0 unspecified atom stereocenters. The predicted octanol–water partition coefficient (Wildman–Crippen LogP) is 6.12. The lowest BCUT2D eigenvalue weighted by Gasteiger charge is -2.15. The number of amides is 2. The molecule has 6 heteroatoms. The van der Waals surface area contributed by atoms with E-state index >= 15 is 0 Å². The SMILES string of the molecule is Cc1ccc(CNC(=O)c2ccccc2-c2ccccc2CNC(=O)CCc2ccc(F)cc2)c(F)c1. The Morgan fingerprint density at radius 1 is 0.730 bits per heavy atom. The van der Waals surface area contributed by atoms with Crippen molar-refractivity contribution in [2.45, 2.75) is 32.9 Å². The van der Waals surface area contributed by atoms with E-state index in [2.05, 4.69) is 10.6 Å². The van der Waals surface area contributed by atoms with Crippen LogP contribution in [0, 0.1) is 18.6 Å². The van der Waals surface area contributed by atoms with E-state index in [0.717, 1.165) is 27.8 Å². The van der Waals surface area contributed by atoms with Crippen molar-refractivity contribution in [1.29, 1.82) is 0 Å². The Hall–Kier alpha value is -4.32. The van der Waals surface area contributed by atoms with Crippen LogP contribution in [-0.2, 0) is 24.3 Å². The summed E-state index contributed by atoms with van der Waals surface area (Å²) in [5, 5.41) is 5.76. The average molecular weight is 499 g/mol. The first kappa shape index (κ1) is 25.8. The van der Waals surface area contributed by atoms with E-state index < -0.39 is 0 Å². The van der Waals surface area contributed by atoms with Crippen LogP contribution in [0.5, 0.6) is 0 Å². The number of nitrogens with one attached hydrogen (secondary N) is 2. The fraction of sp³-hybridized carbons (Fsp3) is 0.161. The first-order valence-electron chi connectivity index (χ1n) is 12.1. The molecule has 0 bridgehead atoms. The Kier molecular flexibility index (Phi) is 8.41. The third-order valence-electron chi connectivity index (χ3n) is 6.16. The molecule has 0 aliphatic heterocycles. The molecule has 0 atom stereocenters. The standard InChI is InChI=1S/C31H28F2N2O2/c1-21-10-14-24(29(33)18-21)20-35-31(37)28-9-5-4-8-27(28)26-7-3-2-6-23(26)19-34-30(36)17-13-22-11-15-25(32)16-12-22/h2-12,14-16,18H,13,17,19-20H2,1H3,(H,34,36)(H,35,37). The van der Waals surface area contributed by atoms with E-state index in [1.807, 2.05) is 49.4 Å². The Balaban J connectivity index is 1.44. The van der Waals surface area contributed by atoms with Gasteiger partial charge in [-0.05, 0) is 65.4 Å². The number of rotatable bonds is 9. The van der Waals surface area contributed by atoms with Gasteiger partial charge in [-0.15, -0.1) is 0 Å². The lowest BCUT2D eigenvalue weighted by atomic mass is 9.94. The summed E-state index contributed by atoms with van der Waals surface area (Å²) in [7, 11) is 0. The Labute approximate surface area is 215 Å². The second-order valence-corrected chi connectivity index (χ2v) is 8.88. The topological polar surface area (TPSA) is 58.2 Å². The first-order valence-corrected chi connectivity index (χ1v) is 12.1. The van der Waals surface area contributed by atoms with Crippen LogP contribution in [0.2, 0.25) is 0 Å². The van der Waals surface area contributed by atoms with Gasteiger partial charge in [0.25, 0.3) is 5.91 Å². The molecule has 0 aliphatic carbocycles. The van der Waals surface area contributed by atoms with E-state index in [0.29, 0.717) is 24.1 Å². The van der Waals surface area contributed by atoms with Gasteiger partial charge < -0.3 is 10.6 Å². The normalized spacial score (nSPS) is 10.7. The minimum Gasteiger partial charge on any atom is -0.352 e. The quantitative estimate of drug-likeness (QED) is 0.292. The number of aryl methyl sites for hydroxylation is 2. The van der Waals surface area contributed by atoms with Crippen LogP contribution in [0.4, 0.5) is 8.78 Å². The average Bonchev–Trinajstić information content (AvgIpc) is 2.91. The van der Waals surface area contributed by atoms with Crippen molar-refractivity contribution in [1.82, 2.24) is 10.6 Å². The molecule has 4 aromatic carbocycles. The molecular formula is C31H28F2N2O2. The van der Waals surface area contributed by atoms with Crippen LogP contribution in [-0.4, -0.2) is 11.8 Å². The smallest absolute Gasteiger partial charge is 0.252 e. The number of hydrogen-bond donors (Lipinski definition) is 2. The Bertz CT molecular complexity index is 1400. The number of hydrogen-bond acceptors (Lipinski definition) is 2. The maximum absolute atomic E-state index is 14.2. The molecule has 2 N–H and O–H groups in total. The summed E-state index contributed by atoms with van der Waals surface area (Å²) in [6, 6.07) is 25.8. The lowest BCUT2D eigenvalue weighted by Crippen LogP contribution is -2.25. The highest BCUT2D eigenvalue weighted by Gasteiger charge is 2.16. The third-order valence-corrected chi connectivity index (χ3v) is 6.16. The molecule has 4 aromatic rings. The number of carbonyl (C=O) groups is 2. The van der Waals surface area contributed by atoms with Crippen LogP contribution >= 0.6 is 0 Å². The number of carbonyl (C=O) groups excluding carboxylic acids is 2. The van der Waals surface area contributed by atoms with E-state index in [1.165, 1.54) is 18.2 Å². The molecule has 0 spiro atoms. The summed E-state index contributed by atoms with van der Waals surface area (Å²) in [5.41, 5.74) is 5.00. The van der Waals surface area contributed by atoms with E-state index in [9.17, 15) is 18.4 Å². The highest BCUT2D eigenvalue weighted by molar-refractivity contribution is 6.01. The molecule has 0 radical (unpaired) electrons. The van der Waals surface area contributed by atoms with Crippen LogP contribution in [0.3, 0.4) is 0 Å². The molecule has 0 aromatic heterocycles. The second kappa shape index (κ2) is 12.1.